The van der Waals surface area contributed by atoms with Gasteiger partial charge in [-0.1, -0.05) is 30.3 Å². The predicted molar refractivity (Wildman–Crippen MR) is 125 cm³/mol. The third-order valence-corrected chi connectivity index (χ3v) is 6.23. The van der Waals surface area contributed by atoms with E-state index in [-0.39, 0.29) is 22.7 Å². The normalized spacial score (nSPS) is 11.7. The van der Waals surface area contributed by atoms with Crippen LogP contribution in [0.25, 0.3) is 5.69 Å². The molecule has 0 saturated heterocycles. The van der Waals surface area contributed by atoms with Crippen molar-refractivity contribution in [3.63, 3.8) is 0 Å². The number of aromatic nitrogens is 2. The highest BCUT2D eigenvalue weighted by molar-refractivity contribution is 7.92. The van der Waals surface area contributed by atoms with Gasteiger partial charge in [-0.25, -0.2) is 13.1 Å². The fourth-order valence-corrected chi connectivity index (χ4v) is 4.21. The highest BCUT2D eigenvalue weighted by atomic mass is 32.2. The Morgan fingerprint density at radius 1 is 0.970 bits per heavy atom. The van der Waals surface area contributed by atoms with Gasteiger partial charge in [-0.15, -0.1) is 5.11 Å². The van der Waals surface area contributed by atoms with Crippen molar-refractivity contribution in [3.8, 4) is 5.69 Å². The van der Waals surface area contributed by atoms with E-state index in [2.05, 4.69) is 20.0 Å². The lowest BCUT2D eigenvalue weighted by Crippen LogP contribution is -2.13. The van der Waals surface area contributed by atoms with Gasteiger partial charge in [-0.2, -0.15) is 5.11 Å². The Labute approximate surface area is 190 Å². The molecule has 0 aliphatic rings. The van der Waals surface area contributed by atoms with Crippen molar-refractivity contribution < 1.29 is 13.5 Å². The lowest BCUT2D eigenvalue weighted by atomic mass is 10.2. The maximum atomic E-state index is 12.7. The first-order valence-electron chi connectivity index (χ1n) is 9.99. The van der Waals surface area contributed by atoms with Gasteiger partial charge in [0.2, 0.25) is 0 Å². The van der Waals surface area contributed by atoms with Crippen LogP contribution in [0.3, 0.4) is 0 Å². The Morgan fingerprint density at radius 2 is 1.70 bits per heavy atom. The lowest BCUT2D eigenvalue weighted by molar-refractivity contribution is 0.282. The second-order valence-electron chi connectivity index (χ2n) is 7.22. The van der Waals surface area contributed by atoms with Gasteiger partial charge in [0.1, 0.15) is 0 Å². The quantitative estimate of drug-likeness (QED) is 0.355. The fraction of sp³-hybridized carbons (Fsp3) is 0.0870. The summed E-state index contributed by atoms with van der Waals surface area (Å²) in [5.74, 6) is 0. The average molecular weight is 464 g/mol. The van der Waals surface area contributed by atoms with Crippen LogP contribution in [0.1, 0.15) is 11.3 Å². The zero-order valence-electron chi connectivity index (χ0n) is 17.6. The highest BCUT2D eigenvalue weighted by Crippen LogP contribution is 2.22. The van der Waals surface area contributed by atoms with E-state index in [9.17, 15) is 18.3 Å². The van der Waals surface area contributed by atoms with Gasteiger partial charge in [0.05, 0.1) is 28.6 Å². The third-order valence-electron chi connectivity index (χ3n) is 4.83. The molecule has 0 fully saturated rings. The maximum Gasteiger partial charge on any atom is 0.299 e. The number of para-hydroxylation sites is 1. The third kappa shape index (κ3) is 4.92. The summed E-state index contributed by atoms with van der Waals surface area (Å²) in [4.78, 5) is 12.7. The molecule has 168 valence electrons. The molecule has 0 amide bonds. The standard InChI is InChI=1S/C23H21N5O4S/c1-16-22(23(30)28(26-16)20-8-3-2-4-9-20)25-24-18-10-12-21(13-11-18)33(31,32)27-19-7-5-6-17(14-19)15-29/h2-14,26-27,29H,15H2,1H3. The van der Waals surface area contributed by atoms with E-state index in [1.165, 1.54) is 28.9 Å². The fourth-order valence-electron chi connectivity index (χ4n) is 3.16. The minimum Gasteiger partial charge on any atom is -0.392 e. The van der Waals surface area contributed by atoms with Crippen molar-refractivity contribution in [2.24, 2.45) is 10.2 Å². The van der Waals surface area contributed by atoms with Crippen LogP contribution in [0.15, 0.2) is 98.8 Å². The van der Waals surface area contributed by atoms with Crippen molar-refractivity contribution >= 4 is 27.1 Å². The van der Waals surface area contributed by atoms with Crippen LogP contribution in [0, 0.1) is 6.92 Å². The molecule has 4 aromatic rings. The summed E-state index contributed by atoms with van der Waals surface area (Å²) in [6.07, 6.45) is 0. The monoisotopic (exact) mass is 463 g/mol. The van der Waals surface area contributed by atoms with Crippen molar-refractivity contribution in [2.75, 3.05) is 4.72 Å². The van der Waals surface area contributed by atoms with Gasteiger partial charge in [0, 0.05) is 5.69 Å². The number of hydrogen-bond donors (Lipinski definition) is 3. The summed E-state index contributed by atoms with van der Waals surface area (Å²) < 4.78 is 29.1. The lowest BCUT2D eigenvalue weighted by Gasteiger charge is -2.09. The number of benzene rings is 3. The van der Waals surface area contributed by atoms with Gasteiger partial charge in [0.25, 0.3) is 15.6 Å². The number of sulfonamides is 1. The van der Waals surface area contributed by atoms with Gasteiger partial charge >= 0.3 is 0 Å². The van der Waals surface area contributed by atoms with Crippen molar-refractivity contribution in [3.05, 3.63) is 100 Å². The summed E-state index contributed by atoms with van der Waals surface area (Å²) in [5.41, 5.74) is 2.40. The zero-order valence-corrected chi connectivity index (χ0v) is 18.5. The number of aliphatic hydroxyl groups is 1. The van der Waals surface area contributed by atoms with E-state index in [0.717, 1.165) is 0 Å². The van der Waals surface area contributed by atoms with E-state index < -0.39 is 10.0 Å². The predicted octanol–water partition coefficient (Wildman–Crippen LogP) is 4.18. The smallest absolute Gasteiger partial charge is 0.299 e. The first-order chi connectivity index (χ1) is 15.9. The molecule has 9 nitrogen and oxygen atoms in total. The first kappa shape index (κ1) is 22.2. The Morgan fingerprint density at radius 3 is 2.39 bits per heavy atom. The van der Waals surface area contributed by atoms with Crippen molar-refractivity contribution in [2.45, 2.75) is 18.4 Å². The van der Waals surface area contributed by atoms with Gasteiger partial charge in [0.15, 0.2) is 5.69 Å². The highest BCUT2D eigenvalue weighted by Gasteiger charge is 2.15. The van der Waals surface area contributed by atoms with Crippen LogP contribution in [0.2, 0.25) is 0 Å². The molecule has 3 N–H and O–H groups in total. The molecule has 1 heterocycles. The summed E-state index contributed by atoms with van der Waals surface area (Å²) >= 11 is 0. The molecule has 3 aromatic carbocycles. The molecule has 0 aliphatic heterocycles. The van der Waals surface area contributed by atoms with E-state index in [0.29, 0.717) is 28.3 Å². The Bertz CT molecular complexity index is 1460. The molecule has 0 spiro atoms. The van der Waals surface area contributed by atoms with Crippen LogP contribution in [-0.2, 0) is 16.6 Å². The number of nitrogens with zero attached hydrogens (tertiary/aromatic N) is 3. The van der Waals surface area contributed by atoms with Gasteiger partial charge < -0.3 is 5.11 Å². The van der Waals surface area contributed by atoms with E-state index in [4.69, 9.17) is 0 Å². The molecule has 33 heavy (non-hydrogen) atoms. The summed E-state index contributed by atoms with van der Waals surface area (Å²) in [6.45, 7) is 1.54. The molecule has 0 bridgehead atoms. The summed E-state index contributed by atoms with van der Waals surface area (Å²) in [7, 11) is -3.83. The number of H-pyrrole nitrogens is 1. The SMILES string of the molecule is Cc1[nH]n(-c2ccccc2)c(=O)c1N=Nc1ccc(S(=O)(=O)Nc2cccc(CO)c2)cc1. The van der Waals surface area contributed by atoms with E-state index in [1.807, 2.05) is 18.2 Å². The topological polar surface area (TPSA) is 129 Å². The number of azo groups is 1. The molecule has 10 heteroatoms. The second-order valence-corrected chi connectivity index (χ2v) is 8.90. The molecule has 0 aliphatic carbocycles. The summed E-state index contributed by atoms with van der Waals surface area (Å²) in [5, 5.41) is 20.3. The molecule has 4 rings (SSSR count). The number of rotatable bonds is 7. The first-order valence-corrected chi connectivity index (χ1v) is 11.5. The second kappa shape index (κ2) is 9.23. The largest absolute Gasteiger partial charge is 0.392 e. The molecule has 0 radical (unpaired) electrons. The number of aromatic amines is 1. The van der Waals surface area contributed by atoms with Crippen molar-refractivity contribution in [1.29, 1.82) is 0 Å². The molecular weight excluding hydrogens is 442 g/mol. The Hall–Kier alpha value is -4.02. The van der Waals surface area contributed by atoms with E-state index in [1.54, 1.807) is 43.3 Å². The van der Waals surface area contributed by atoms with E-state index >= 15 is 0 Å². The van der Waals surface area contributed by atoms with Crippen molar-refractivity contribution in [1.82, 2.24) is 9.78 Å². The minimum absolute atomic E-state index is 0.0418. The molecular formula is C23H21N5O4S. The minimum atomic E-state index is -3.83. The summed E-state index contributed by atoms with van der Waals surface area (Å²) in [6, 6.07) is 21.4. The Balaban J connectivity index is 1.53. The van der Waals surface area contributed by atoms with Gasteiger partial charge in [-0.05, 0) is 61.0 Å². The van der Waals surface area contributed by atoms with Gasteiger partial charge in [-0.3, -0.25) is 14.6 Å². The Kier molecular flexibility index (Phi) is 6.20. The number of hydrogen-bond acceptors (Lipinski definition) is 6. The molecule has 1 aromatic heterocycles. The van der Waals surface area contributed by atoms with Crippen LogP contribution < -0.4 is 10.3 Å². The average Bonchev–Trinajstić information content (AvgIpc) is 3.11. The van der Waals surface area contributed by atoms with Crippen LogP contribution >= 0.6 is 0 Å². The van der Waals surface area contributed by atoms with Crippen LogP contribution in [-0.4, -0.2) is 23.3 Å². The maximum absolute atomic E-state index is 12.7. The number of nitrogens with one attached hydrogen (secondary N) is 2. The molecule has 0 atom stereocenters. The zero-order chi connectivity index (χ0) is 23.4. The number of aryl methyl sites for hydroxylation is 1. The number of aliphatic hydroxyl groups excluding tert-OH is 1. The van der Waals surface area contributed by atoms with Crippen LogP contribution in [0.4, 0.5) is 17.1 Å². The molecule has 0 unspecified atom stereocenters. The molecule has 0 saturated carbocycles. The van der Waals surface area contributed by atoms with Crippen LogP contribution in [0.5, 0.6) is 0 Å². The number of anilines is 1.